The van der Waals surface area contributed by atoms with Crippen molar-refractivity contribution >= 4 is 35.5 Å². The highest BCUT2D eigenvalue weighted by molar-refractivity contribution is 6.33. The van der Waals surface area contributed by atoms with Crippen LogP contribution >= 0.6 is 11.6 Å². The lowest BCUT2D eigenvalue weighted by molar-refractivity contribution is -0.129. The van der Waals surface area contributed by atoms with Crippen LogP contribution in [-0.4, -0.2) is 31.6 Å². The average molecular weight is 478 g/mol. The Morgan fingerprint density at radius 1 is 1.06 bits per heavy atom. The number of nitrogens with zero attached hydrogens (tertiary/aromatic N) is 1. The van der Waals surface area contributed by atoms with E-state index in [1.54, 1.807) is 72.8 Å². The maximum absolute atomic E-state index is 12.5. The first-order valence-corrected chi connectivity index (χ1v) is 10.8. The number of carbonyl (C=O) groups is 2. The van der Waals surface area contributed by atoms with Gasteiger partial charge in [0.05, 0.1) is 24.3 Å². The summed E-state index contributed by atoms with van der Waals surface area (Å²) in [7, 11) is 1.45. The van der Waals surface area contributed by atoms with E-state index in [1.165, 1.54) is 7.11 Å². The zero-order valence-electron chi connectivity index (χ0n) is 18.4. The van der Waals surface area contributed by atoms with Crippen LogP contribution in [0, 0.1) is 0 Å². The van der Waals surface area contributed by atoms with Gasteiger partial charge in [0, 0.05) is 5.56 Å². The van der Waals surface area contributed by atoms with E-state index in [-0.39, 0.29) is 27.9 Å². The third-order valence-electron chi connectivity index (χ3n) is 4.82. The van der Waals surface area contributed by atoms with Gasteiger partial charge in [0.15, 0.2) is 17.2 Å². The van der Waals surface area contributed by atoms with Gasteiger partial charge in [0.1, 0.15) is 5.75 Å². The summed E-state index contributed by atoms with van der Waals surface area (Å²) in [5, 5.41) is 0.286. The highest BCUT2D eigenvalue weighted by Gasteiger charge is 2.24. The van der Waals surface area contributed by atoms with E-state index >= 15 is 0 Å². The van der Waals surface area contributed by atoms with Crippen molar-refractivity contribution in [1.29, 1.82) is 0 Å². The van der Waals surface area contributed by atoms with Crippen LogP contribution < -0.4 is 14.2 Å². The Bertz CT molecular complexity index is 1300. The van der Waals surface area contributed by atoms with E-state index in [0.29, 0.717) is 29.2 Å². The molecule has 0 saturated carbocycles. The monoisotopic (exact) mass is 477 g/mol. The summed E-state index contributed by atoms with van der Waals surface area (Å²) in [5.41, 5.74) is 1.63. The fourth-order valence-corrected chi connectivity index (χ4v) is 3.40. The number of carbonyl (C=O) groups excluding carboxylic acids is 2. The summed E-state index contributed by atoms with van der Waals surface area (Å²) in [5.74, 6) is 0.251. The normalized spacial score (nSPS) is 13.9. The molecule has 8 heteroatoms. The van der Waals surface area contributed by atoms with Crippen molar-refractivity contribution in [2.24, 2.45) is 4.99 Å². The number of esters is 2. The quantitative estimate of drug-likeness (QED) is 0.260. The molecule has 0 radical (unpaired) electrons. The van der Waals surface area contributed by atoms with Crippen LogP contribution in [0.4, 0.5) is 0 Å². The smallest absolute Gasteiger partial charge is 0.363 e. The van der Waals surface area contributed by atoms with E-state index in [1.807, 2.05) is 6.92 Å². The second-order valence-corrected chi connectivity index (χ2v) is 7.48. The average Bonchev–Trinajstić information content (AvgIpc) is 3.21. The first-order chi connectivity index (χ1) is 16.5. The molecule has 1 heterocycles. The summed E-state index contributed by atoms with van der Waals surface area (Å²) in [6.45, 7) is 2.46. The molecule has 0 atom stereocenters. The lowest BCUT2D eigenvalue weighted by atomic mass is 10.1. The molecule has 0 aliphatic carbocycles. The van der Waals surface area contributed by atoms with E-state index in [2.05, 4.69) is 4.99 Å². The Balaban J connectivity index is 1.55. The minimum atomic E-state index is -0.612. The topological polar surface area (TPSA) is 83.4 Å². The number of benzene rings is 3. The van der Waals surface area contributed by atoms with E-state index in [4.69, 9.17) is 30.5 Å². The number of hydrogen-bond acceptors (Lipinski definition) is 7. The number of methoxy groups -OCH3 is 1. The van der Waals surface area contributed by atoms with Crippen LogP contribution in [0.1, 0.15) is 28.4 Å². The molecule has 1 aliphatic heterocycles. The van der Waals surface area contributed by atoms with Gasteiger partial charge in [-0.2, -0.15) is 0 Å². The molecule has 0 fully saturated rings. The lowest BCUT2D eigenvalue weighted by Crippen LogP contribution is -2.09. The second-order valence-electron chi connectivity index (χ2n) is 7.07. The van der Waals surface area contributed by atoms with Gasteiger partial charge >= 0.3 is 11.9 Å². The number of aliphatic imine (C=N–C) groups is 1. The molecule has 0 saturated heterocycles. The summed E-state index contributed by atoms with van der Waals surface area (Å²) in [6.07, 6.45) is 1.56. The SMILES string of the molecule is CCOc1ccc(C2=N/C(=C\c3ccc(OC(=O)c4ccccc4Cl)c(OC)c3)C(=O)O2)cc1. The first kappa shape index (κ1) is 23.1. The van der Waals surface area contributed by atoms with Crippen LogP contribution in [0.3, 0.4) is 0 Å². The zero-order valence-corrected chi connectivity index (χ0v) is 19.2. The highest BCUT2D eigenvalue weighted by atomic mass is 35.5. The van der Waals surface area contributed by atoms with Crippen molar-refractivity contribution < 1.29 is 28.5 Å². The van der Waals surface area contributed by atoms with Gasteiger partial charge in [-0.15, -0.1) is 0 Å². The Morgan fingerprint density at radius 2 is 1.82 bits per heavy atom. The molecule has 0 amide bonds. The number of rotatable bonds is 7. The van der Waals surface area contributed by atoms with Crippen LogP contribution in [0.5, 0.6) is 17.2 Å². The number of ether oxygens (including phenoxy) is 4. The third kappa shape index (κ3) is 5.10. The molecule has 0 spiro atoms. The van der Waals surface area contributed by atoms with Gasteiger partial charge in [-0.3, -0.25) is 0 Å². The minimum Gasteiger partial charge on any atom is -0.494 e. The number of halogens is 1. The van der Waals surface area contributed by atoms with E-state index in [9.17, 15) is 9.59 Å². The minimum absolute atomic E-state index is 0.131. The maximum atomic E-state index is 12.5. The molecule has 172 valence electrons. The van der Waals surface area contributed by atoms with Crippen LogP contribution in [0.25, 0.3) is 6.08 Å². The van der Waals surface area contributed by atoms with Gasteiger partial charge in [-0.05, 0) is 67.1 Å². The van der Waals surface area contributed by atoms with Crippen LogP contribution in [0.2, 0.25) is 5.02 Å². The molecule has 0 bridgehead atoms. The van der Waals surface area contributed by atoms with Crippen molar-refractivity contribution in [2.75, 3.05) is 13.7 Å². The third-order valence-corrected chi connectivity index (χ3v) is 5.15. The number of hydrogen-bond donors (Lipinski definition) is 0. The van der Waals surface area contributed by atoms with Gasteiger partial charge in [0.2, 0.25) is 5.90 Å². The highest BCUT2D eigenvalue weighted by Crippen LogP contribution is 2.31. The van der Waals surface area contributed by atoms with Crippen molar-refractivity contribution in [3.8, 4) is 17.2 Å². The van der Waals surface area contributed by atoms with Gasteiger partial charge in [-0.1, -0.05) is 29.8 Å². The summed E-state index contributed by atoms with van der Waals surface area (Å²) in [4.78, 5) is 29.1. The largest absolute Gasteiger partial charge is 0.494 e. The molecule has 34 heavy (non-hydrogen) atoms. The molecular weight excluding hydrogens is 458 g/mol. The fourth-order valence-electron chi connectivity index (χ4n) is 3.19. The molecule has 0 aromatic heterocycles. The van der Waals surface area contributed by atoms with E-state index in [0.717, 1.165) is 0 Å². The number of cyclic esters (lactones) is 1. The summed E-state index contributed by atoms with van der Waals surface area (Å²) >= 11 is 6.07. The first-order valence-electron chi connectivity index (χ1n) is 10.4. The van der Waals surface area contributed by atoms with Crippen LogP contribution in [-0.2, 0) is 9.53 Å². The summed E-state index contributed by atoms with van der Waals surface area (Å²) in [6, 6.07) is 18.6. The lowest BCUT2D eigenvalue weighted by Gasteiger charge is -2.10. The van der Waals surface area contributed by atoms with Crippen molar-refractivity contribution in [3.05, 3.63) is 94.1 Å². The Hall–Kier alpha value is -4.10. The molecule has 0 N–H and O–H groups in total. The molecular formula is C26H20ClNO6. The molecule has 1 aliphatic rings. The fraction of sp³-hybridized carbons (Fsp3) is 0.115. The van der Waals surface area contributed by atoms with Crippen molar-refractivity contribution in [2.45, 2.75) is 6.92 Å². The zero-order chi connectivity index (χ0) is 24.1. The molecule has 3 aromatic rings. The van der Waals surface area contributed by atoms with Crippen molar-refractivity contribution in [1.82, 2.24) is 0 Å². The molecule has 3 aromatic carbocycles. The Labute approximate surface area is 201 Å². The predicted molar refractivity (Wildman–Crippen MR) is 128 cm³/mol. The van der Waals surface area contributed by atoms with Crippen molar-refractivity contribution in [3.63, 3.8) is 0 Å². The standard InChI is InChI=1S/C26H20ClNO6/c1-3-32-18-11-9-17(10-12-18)24-28-21(26(30)34-24)14-16-8-13-22(23(15-16)31-2)33-25(29)19-6-4-5-7-20(19)27/h4-15H,3H2,1-2H3/b21-14-. The summed E-state index contributed by atoms with van der Waals surface area (Å²) < 4.78 is 21.6. The molecule has 4 rings (SSSR count). The Kier molecular flexibility index (Phi) is 6.94. The molecule has 7 nitrogen and oxygen atoms in total. The van der Waals surface area contributed by atoms with Gasteiger partial charge in [-0.25, -0.2) is 14.6 Å². The van der Waals surface area contributed by atoms with Crippen LogP contribution in [0.15, 0.2) is 77.4 Å². The maximum Gasteiger partial charge on any atom is 0.363 e. The van der Waals surface area contributed by atoms with Gasteiger partial charge < -0.3 is 18.9 Å². The van der Waals surface area contributed by atoms with Gasteiger partial charge in [0.25, 0.3) is 0 Å². The Morgan fingerprint density at radius 3 is 2.53 bits per heavy atom. The van der Waals surface area contributed by atoms with E-state index < -0.39 is 11.9 Å². The molecule has 0 unspecified atom stereocenters. The predicted octanol–water partition coefficient (Wildman–Crippen LogP) is 5.31. The second kappa shape index (κ2) is 10.2.